The maximum absolute atomic E-state index is 8.35. The summed E-state index contributed by atoms with van der Waals surface area (Å²) < 4.78 is 0. The molecule has 0 radical (unpaired) electrons. The number of benzene rings is 3. The van der Waals surface area contributed by atoms with Gasteiger partial charge >= 0.3 is 0 Å². The molecule has 1 unspecified atom stereocenters. The maximum Gasteiger partial charge on any atom is 0.247 e. The van der Waals surface area contributed by atoms with Crippen molar-refractivity contribution in [1.29, 1.82) is 0 Å². The quantitative estimate of drug-likeness (QED) is 0.0790. The average molecular weight is 603 g/mol. The van der Waals surface area contributed by atoms with Gasteiger partial charge < -0.3 is 0 Å². The lowest BCUT2D eigenvalue weighted by atomic mass is 9.81. The van der Waals surface area contributed by atoms with E-state index >= 15 is 0 Å². The van der Waals surface area contributed by atoms with Crippen molar-refractivity contribution in [1.82, 2.24) is 0 Å². The van der Waals surface area contributed by atoms with Crippen LogP contribution in [0.25, 0.3) is 0 Å². The smallest absolute Gasteiger partial charge is 0.149 e. The summed E-state index contributed by atoms with van der Waals surface area (Å²) in [5.41, 5.74) is 8.36. The van der Waals surface area contributed by atoms with Crippen molar-refractivity contribution in [3.63, 3.8) is 0 Å². The summed E-state index contributed by atoms with van der Waals surface area (Å²) in [4.78, 5) is 0. The first-order valence-corrected chi connectivity index (χ1v) is 19.8. The van der Waals surface area contributed by atoms with Crippen LogP contribution in [0.4, 0.5) is 0 Å². The molecule has 0 heterocycles. The number of unbranched alkanes of at least 4 members (excludes halogenated alkanes) is 6. The van der Waals surface area contributed by atoms with Crippen LogP contribution in [0.2, 0.25) is 0 Å². The third-order valence-corrected chi connectivity index (χ3v) is 14.0. The summed E-state index contributed by atoms with van der Waals surface area (Å²) in [6, 6.07) is 21.9. The highest BCUT2D eigenvalue weighted by Gasteiger charge is 2.40. The highest BCUT2D eigenvalue weighted by molar-refractivity contribution is 7.40. The first-order chi connectivity index (χ1) is 19.7. The van der Waals surface area contributed by atoms with E-state index in [1.54, 1.807) is 0 Å². The second-order valence-electron chi connectivity index (χ2n) is 15.0. The molecule has 0 aliphatic rings. The maximum atomic E-state index is 8.35. The molecule has 2 heteroatoms. The monoisotopic (exact) mass is 602 g/mol. The fourth-order valence-corrected chi connectivity index (χ4v) is 10.4. The summed E-state index contributed by atoms with van der Waals surface area (Å²) >= 11 is 8.35. The lowest BCUT2D eigenvalue weighted by Crippen LogP contribution is -2.63. The Morgan fingerprint density at radius 3 is 1.31 bits per heavy atom. The van der Waals surface area contributed by atoms with E-state index in [4.69, 9.17) is 11.1 Å². The Morgan fingerprint density at radius 1 is 0.500 bits per heavy atom. The molecule has 0 nitrogen and oxygen atoms in total. The lowest BCUT2D eigenvalue weighted by molar-refractivity contribution is 0.569. The van der Waals surface area contributed by atoms with Gasteiger partial charge in [0.1, 0.15) is 0 Å². The summed E-state index contributed by atoms with van der Waals surface area (Å²) in [5, 5.41) is 4.00. The van der Waals surface area contributed by atoms with E-state index in [-0.39, 0.29) is 10.8 Å². The fraction of sp³-hybridized carbons (Fsp3) is 0.550. The Labute approximate surface area is 265 Å². The molecule has 0 amide bonds. The van der Waals surface area contributed by atoms with Gasteiger partial charge in [0.2, 0.25) is 7.38 Å². The van der Waals surface area contributed by atoms with Crippen LogP contribution in [0.1, 0.15) is 140 Å². The van der Waals surface area contributed by atoms with Gasteiger partial charge in [0.25, 0.3) is 0 Å². The van der Waals surface area contributed by atoms with Crippen LogP contribution in [0.3, 0.4) is 0 Å². The lowest BCUT2D eigenvalue weighted by Gasteiger charge is -2.33. The van der Waals surface area contributed by atoms with Gasteiger partial charge in [0.05, 0.1) is 0 Å². The molecule has 0 bridgehead atoms. The minimum absolute atomic E-state index is 0.0380. The highest BCUT2D eigenvalue weighted by atomic mass is 35.6. The SMILES string of the molecule is CCCCCCc1cc(CCCCCC)cc([Si](Cl)(c2cc(C)cc(C)c2)c2cc(C(C)(C)C)cc(C(C)(C)C)c2)c1. The van der Waals surface area contributed by atoms with Crippen molar-refractivity contribution in [2.75, 3.05) is 0 Å². The van der Waals surface area contributed by atoms with Crippen molar-refractivity contribution in [3.05, 3.63) is 88.0 Å². The molecule has 0 spiro atoms. The Kier molecular flexibility index (Phi) is 12.2. The van der Waals surface area contributed by atoms with Gasteiger partial charge in [-0.3, -0.25) is 0 Å². The molecule has 3 aromatic rings. The molecular formula is C40H59ClSi. The van der Waals surface area contributed by atoms with Crippen molar-refractivity contribution in [2.24, 2.45) is 0 Å². The van der Waals surface area contributed by atoms with Crippen LogP contribution < -0.4 is 15.6 Å². The van der Waals surface area contributed by atoms with Crippen molar-refractivity contribution < 1.29 is 0 Å². The molecule has 3 aromatic carbocycles. The third-order valence-electron chi connectivity index (χ3n) is 8.77. The predicted molar refractivity (Wildman–Crippen MR) is 192 cm³/mol. The molecule has 0 saturated carbocycles. The van der Waals surface area contributed by atoms with Crippen LogP contribution in [0.5, 0.6) is 0 Å². The van der Waals surface area contributed by atoms with E-state index in [2.05, 4.69) is 124 Å². The fourth-order valence-electron chi connectivity index (χ4n) is 6.13. The normalized spacial score (nSPS) is 13.8. The Hall–Kier alpha value is -1.83. The van der Waals surface area contributed by atoms with Gasteiger partial charge in [-0.1, -0.05) is 160 Å². The minimum atomic E-state index is -2.86. The Bertz CT molecular complexity index is 1220. The minimum Gasteiger partial charge on any atom is -0.149 e. The topological polar surface area (TPSA) is 0 Å². The van der Waals surface area contributed by atoms with Crippen LogP contribution in [-0.2, 0) is 23.7 Å². The van der Waals surface area contributed by atoms with Crippen LogP contribution in [0, 0.1) is 13.8 Å². The van der Waals surface area contributed by atoms with Crippen molar-refractivity contribution in [2.45, 2.75) is 144 Å². The van der Waals surface area contributed by atoms with E-state index in [1.165, 1.54) is 100 Å². The number of hydrogen-bond donors (Lipinski definition) is 0. The summed E-state index contributed by atoms with van der Waals surface area (Å²) in [5.74, 6) is 0. The van der Waals surface area contributed by atoms with E-state index in [0.717, 1.165) is 12.8 Å². The molecule has 0 aliphatic carbocycles. The number of hydrogen-bond acceptors (Lipinski definition) is 0. The first-order valence-electron chi connectivity index (χ1n) is 16.8. The van der Waals surface area contributed by atoms with E-state index in [0.29, 0.717) is 0 Å². The summed E-state index contributed by atoms with van der Waals surface area (Å²) in [7, 11) is -2.86. The highest BCUT2D eigenvalue weighted by Crippen LogP contribution is 2.30. The zero-order chi connectivity index (χ0) is 31.1. The van der Waals surface area contributed by atoms with Gasteiger partial charge in [0.15, 0.2) is 0 Å². The average Bonchev–Trinajstić information content (AvgIpc) is 2.91. The summed E-state index contributed by atoms with van der Waals surface area (Å²) in [6.07, 6.45) is 12.6. The van der Waals surface area contributed by atoms with Crippen LogP contribution in [-0.4, -0.2) is 7.38 Å². The van der Waals surface area contributed by atoms with Crippen LogP contribution >= 0.6 is 11.1 Å². The van der Waals surface area contributed by atoms with Crippen LogP contribution in [0.15, 0.2) is 54.6 Å². The van der Waals surface area contributed by atoms with Gasteiger partial charge in [0, 0.05) is 0 Å². The molecule has 0 N–H and O–H groups in total. The standard InChI is InChI=1S/C40H59ClSi/c1-11-13-15-17-19-32-24-33(20-18-16-14-12-2)26-37(25-32)42(41,36-22-30(3)21-31(4)23-36)38-28-34(39(5,6)7)27-35(29-38)40(8,9)10/h21-29H,11-20H2,1-10H3. The second-order valence-corrected chi connectivity index (χ2v) is 19.7. The number of aryl methyl sites for hydroxylation is 4. The second kappa shape index (κ2) is 14.8. The largest absolute Gasteiger partial charge is 0.247 e. The Morgan fingerprint density at radius 2 is 0.905 bits per heavy atom. The number of halogens is 1. The molecule has 0 aromatic heterocycles. The molecule has 0 aliphatic heterocycles. The molecule has 0 fully saturated rings. The molecule has 230 valence electrons. The van der Waals surface area contributed by atoms with E-state index in [9.17, 15) is 0 Å². The summed E-state index contributed by atoms with van der Waals surface area (Å²) in [6.45, 7) is 23.0. The molecule has 0 saturated heterocycles. The van der Waals surface area contributed by atoms with Gasteiger partial charge in [-0.2, -0.15) is 0 Å². The van der Waals surface area contributed by atoms with Gasteiger partial charge in [-0.15, -0.1) is 11.1 Å². The molecule has 3 rings (SSSR count). The predicted octanol–water partition coefficient (Wildman–Crippen LogP) is 10.3. The molecule has 42 heavy (non-hydrogen) atoms. The molecular weight excluding hydrogens is 544 g/mol. The van der Waals surface area contributed by atoms with Gasteiger partial charge in [-0.05, 0) is 88.2 Å². The van der Waals surface area contributed by atoms with E-state index in [1.807, 2.05) is 0 Å². The zero-order valence-corrected chi connectivity index (χ0v) is 30.4. The first kappa shape index (κ1) is 34.7. The number of rotatable bonds is 13. The Balaban J connectivity index is 2.32. The van der Waals surface area contributed by atoms with Crippen molar-refractivity contribution in [3.8, 4) is 0 Å². The van der Waals surface area contributed by atoms with E-state index < -0.39 is 7.38 Å². The van der Waals surface area contributed by atoms with Crippen molar-refractivity contribution >= 4 is 34.0 Å². The zero-order valence-electron chi connectivity index (χ0n) is 28.6. The third kappa shape index (κ3) is 9.09. The molecule has 1 atom stereocenters. The van der Waals surface area contributed by atoms with Gasteiger partial charge in [-0.25, -0.2) is 0 Å².